The molecule has 0 heteroatoms. The second-order valence-corrected chi connectivity index (χ2v) is 6.90. The van der Waals surface area contributed by atoms with Crippen molar-refractivity contribution in [2.75, 3.05) is 0 Å². The van der Waals surface area contributed by atoms with E-state index < -0.39 is 0 Å². The highest BCUT2D eigenvalue weighted by molar-refractivity contribution is 5.83. The third kappa shape index (κ3) is 2.29. The van der Waals surface area contributed by atoms with Crippen LogP contribution in [0.4, 0.5) is 0 Å². The highest BCUT2D eigenvalue weighted by atomic mass is 14.5. The van der Waals surface area contributed by atoms with Gasteiger partial charge in [0.25, 0.3) is 0 Å². The van der Waals surface area contributed by atoms with Crippen LogP contribution in [0, 0.1) is 5.92 Å². The lowest BCUT2D eigenvalue weighted by Crippen LogP contribution is -2.35. The van der Waals surface area contributed by atoms with E-state index in [4.69, 9.17) is 0 Å². The fourth-order valence-corrected chi connectivity index (χ4v) is 4.69. The van der Waals surface area contributed by atoms with E-state index in [1.54, 1.807) is 0 Å². The Kier molecular flexibility index (Phi) is 4.34. The van der Waals surface area contributed by atoms with Gasteiger partial charge in [0.15, 0.2) is 0 Å². The maximum atomic E-state index is 3.89. The zero-order valence-electron chi connectivity index (χ0n) is 15.2. The molecule has 0 saturated carbocycles. The van der Waals surface area contributed by atoms with Crippen molar-refractivity contribution in [3.8, 4) is 11.1 Å². The first-order chi connectivity index (χ1) is 12.8. The Morgan fingerprint density at radius 2 is 1.35 bits per heavy atom. The van der Waals surface area contributed by atoms with E-state index in [1.165, 1.54) is 27.8 Å². The molecule has 0 heterocycles. The zero-order valence-corrected chi connectivity index (χ0v) is 15.2. The van der Waals surface area contributed by atoms with Crippen LogP contribution in [0.5, 0.6) is 0 Å². The summed E-state index contributed by atoms with van der Waals surface area (Å²) in [4.78, 5) is 0. The minimum absolute atomic E-state index is 0.164. The van der Waals surface area contributed by atoms with Crippen molar-refractivity contribution in [2.24, 2.45) is 5.92 Å². The lowest BCUT2D eigenvalue weighted by atomic mass is 9.63. The minimum Gasteiger partial charge on any atom is -0.0991 e. The Morgan fingerprint density at radius 3 is 1.88 bits per heavy atom. The van der Waals surface area contributed by atoms with Crippen LogP contribution in [0.1, 0.15) is 30.0 Å². The van der Waals surface area contributed by atoms with Crippen molar-refractivity contribution in [3.63, 3.8) is 0 Å². The average molecular weight is 336 g/mol. The molecule has 3 aromatic carbocycles. The van der Waals surface area contributed by atoms with E-state index in [0.29, 0.717) is 5.92 Å². The van der Waals surface area contributed by atoms with Crippen molar-refractivity contribution in [2.45, 2.75) is 18.8 Å². The first-order valence-corrected chi connectivity index (χ1v) is 9.38. The molecule has 26 heavy (non-hydrogen) atoms. The number of hydrogen-bond donors (Lipinski definition) is 0. The van der Waals surface area contributed by atoms with Crippen LogP contribution in [-0.4, -0.2) is 0 Å². The fraction of sp³-hybridized carbons (Fsp3) is 0.154. The highest BCUT2D eigenvalue weighted by Crippen LogP contribution is 2.57. The molecule has 1 aliphatic rings. The van der Waals surface area contributed by atoms with Gasteiger partial charge in [0, 0.05) is 0 Å². The van der Waals surface area contributed by atoms with Crippen LogP contribution in [0.3, 0.4) is 0 Å². The van der Waals surface area contributed by atoms with Crippen LogP contribution < -0.4 is 0 Å². The molecule has 0 aromatic heterocycles. The summed E-state index contributed by atoms with van der Waals surface area (Å²) in [6.07, 6.45) is 7.37. The van der Waals surface area contributed by atoms with Gasteiger partial charge in [0.05, 0.1) is 5.41 Å². The topological polar surface area (TPSA) is 0 Å². The lowest BCUT2D eigenvalue weighted by molar-refractivity contribution is 0.443. The summed E-state index contributed by atoms with van der Waals surface area (Å²) < 4.78 is 0. The summed E-state index contributed by atoms with van der Waals surface area (Å²) in [5, 5.41) is 0. The SMILES string of the molecule is C=C/C=C\C(CC)C1(c2ccccc2)c2ccccc2-c2ccccc21. The Morgan fingerprint density at radius 1 is 0.808 bits per heavy atom. The van der Waals surface area contributed by atoms with E-state index in [2.05, 4.69) is 105 Å². The molecule has 0 saturated heterocycles. The quantitative estimate of drug-likeness (QED) is 0.451. The monoisotopic (exact) mass is 336 g/mol. The molecule has 0 fully saturated rings. The van der Waals surface area contributed by atoms with Crippen molar-refractivity contribution >= 4 is 0 Å². The van der Waals surface area contributed by atoms with Crippen LogP contribution >= 0.6 is 0 Å². The van der Waals surface area contributed by atoms with Crippen LogP contribution in [0.15, 0.2) is 104 Å². The maximum Gasteiger partial charge on any atom is 0.0525 e. The van der Waals surface area contributed by atoms with Gasteiger partial charge in [-0.1, -0.05) is 111 Å². The smallest absolute Gasteiger partial charge is 0.0525 e. The van der Waals surface area contributed by atoms with Gasteiger partial charge in [0.2, 0.25) is 0 Å². The molecule has 0 radical (unpaired) electrons. The molecule has 1 atom stereocenters. The average Bonchev–Trinajstić information content (AvgIpc) is 3.01. The van der Waals surface area contributed by atoms with Gasteiger partial charge in [-0.05, 0) is 40.2 Å². The Labute approximate surface area is 156 Å². The molecule has 0 spiro atoms. The van der Waals surface area contributed by atoms with Crippen molar-refractivity contribution < 1.29 is 0 Å². The molecular weight excluding hydrogens is 312 g/mol. The normalized spacial score (nSPS) is 15.4. The molecular formula is C26H24. The summed E-state index contributed by atoms with van der Waals surface area (Å²) >= 11 is 0. The maximum absolute atomic E-state index is 3.89. The third-order valence-corrected chi connectivity index (χ3v) is 5.70. The molecule has 0 bridgehead atoms. The summed E-state index contributed by atoms with van der Waals surface area (Å²) in [7, 11) is 0. The van der Waals surface area contributed by atoms with Crippen molar-refractivity contribution in [1.82, 2.24) is 0 Å². The largest absolute Gasteiger partial charge is 0.0991 e. The summed E-state index contributed by atoms with van der Waals surface area (Å²) in [5.41, 5.74) is 6.73. The van der Waals surface area contributed by atoms with Gasteiger partial charge in [-0.2, -0.15) is 0 Å². The third-order valence-electron chi connectivity index (χ3n) is 5.70. The molecule has 0 amide bonds. The van der Waals surface area contributed by atoms with E-state index in [1.807, 2.05) is 6.08 Å². The second kappa shape index (κ2) is 6.80. The lowest BCUT2D eigenvalue weighted by Gasteiger charge is -2.39. The number of allylic oxidation sites excluding steroid dienone is 3. The Balaban J connectivity index is 2.12. The first-order valence-electron chi connectivity index (χ1n) is 9.38. The molecule has 4 rings (SSSR count). The molecule has 1 aliphatic carbocycles. The highest BCUT2D eigenvalue weighted by Gasteiger charge is 2.48. The van der Waals surface area contributed by atoms with Gasteiger partial charge in [-0.3, -0.25) is 0 Å². The van der Waals surface area contributed by atoms with Crippen LogP contribution in [0.2, 0.25) is 0 Å². The van der Waals surface area contributed by atoms with Crippen molar-refractivity contribution in [3.05, 3.63) is 120 Å². The van der Waals surface area contributed by atoms with Crippen molar-refractivity contribution in [1.29, 1.82) is 0 Å². The zero-order chi connectivity index (χ0) is 18.0. The van der Waals surface area contributed by atoms with E-state index in [-0.39, 0.29) is 5.41 Å². The van der Waals surface area contributed by atoms with Gasteiger partial charge in [-0.25, -0.2) is 0 Å². The van der Waals surface area contributed by atoms with Gasteiger partial charge in [-0.15, -0.1) is 0 Å². The molecule has 3 aromatic rings. The Hall–Kier alpha value is -2.86. The van der Waals surface area contributed by atoms with E-state index in [9.17, 15) is 0 Å². The number of hydrogen-bond acceptors (Lipinski definition) is 0. The van der Waals surface area contributed by atoms with E-state index >= 15 is 0 Å². The van der Waals surface area contributed by atoms with Crippen LogP contribution in [-0.2, 0) is 5.41 Å². The van der Waals surface area contributed by atoms with Gasteiger partial charge >= 0.3 is 0 Å². The predicted octanol–water partition coefficient (Wildman–Crippen LogP) is 6.77. The van der Waals surface area contributed by atoms with Gasteiger partial charge in [0.1, 0.15) is 0 Å². The standard InChI is InChI=1S/C26H24/c1-3-5-13-20(4-2)26(21-14-7-6-8-15-21)24-18-11-9-16-22(24)23-17-10-12-19-25(23)26/h3,5-20H,1,4H2,2H3/b13-5-. The van der Waals surface area contributed by atoms with Gasteiger partial charge < -0.3 is 0 Å². The predicted molar refractivity (Wildman–Crippen MR) is 111 cm³/mol. The first kappa shape index (κ1) is 16.6. The second-order valence-electron chi connectivity index (χ2n) is 6.90. The summed E-state index contributed by atoms with van der Waals surface area (Å²) in [6.45, 7) is 6.17. The van der Waals surface area contributed by atoms with E-state index in [0.717, 1.165) is 6.42 Å². The molecule has 0 nitrogen and oxygen atoms in total. The van der Waals surface area contributed by atoms with Crippen LogP contribution in [0.25, 0.3) is 11.1 Å². The molecule has 0 aliphatic heterocycles. The number of rotatable bonds is 5. The number of fused-ring (bicyclic) bond motifs is 3. The number of benzene rings is 3. The summed E-state index contributed by atoms with van der Waals surface area (Å²) in [6, 6.07) is 28.8. The summed E-state index contributed by atoms with van der Waals surface area (Å²) in [5.74, 6) is 0.354. The fourth-order valence-electron chi connectivity index (χ4n) is 4.69. The minimum atomic E-state index is -0.164. The molecule has 1 unspecified atom stereocenters. The molecule has 128 valence electrons. The Bertz CT molecular complexity index is 901. The molecule has 0 N–H and O–H groups in total.